The van der Waals surface area contributed by atoms with Gasteiger partial charge in [0.2, 0.25) is 5.91 Å². The van der Waals surface area contributed by atoms with E-state index in [0.717, 1.165) is 27.6 Å². The number of rotatable bonds is 2. The average molecular weight is 336 g/mol. The van der Waals surface area contributed by atoms with Crippen LogP contribution < -0.4 is 10.6 Å². The van der Waals surface area contributed by atoms with Gasteiger partial charge in [0, 0.05) is 28.3 Å². The second kappa shape index (κ2) is 5.38. The van der Waals surface area contributed by atoms with Gasteiger partial charge in [-0.25, -0.2) is 0 Å². The van der Waals surface area contributed by atoms with Crippen LogP contribution in [-0.2, 0) is 9.53 Å². The van der Waals surface area contributed by atoms with E-state index in [0.29, 0.717) is 13.2 Å². The number of fused-ring (bicyclic) bond motifs is 1. The number of amides is 1. The number of pyridine rings is 1. The molecule has 3 rings (SSSR count). The van der Waals surface area contributed by atoms with Crippen molar-refractivity contribution in [3.05, 3.63) is 34.9 Å². The quantitative estimate of drug-likeness (QED) is 0.906. The summed E-state index contributed by atoms with van der Waals surface area (Å²) in [4.78, 5) is 17.8. The molecular weight excluding hydrogens is 322 g/mol. The van der Waals surface area contributed by atoms with Gasteiger partial charge in [-0.15, -0.1) is 0 Å². The SMILES string of the molecule is NC(=O)C1CN(c2ccnc3c(Br)cccc23)CCO1. The van der Waals surface area contributed by atoms with Gasteiger partial charge >= 0.3 is 0 Å². The molecule has 1 atom stereocenters. The highest BCUT2D eigenvalue weighted by Gasteiger charge is 2.25. The first-order chi connectivity index (χ1) is 9.66. The molecule has 0 aliphatic carbocycles. The summed E-state index contributed by atoms with van der Waals surface area (Å²) in [6, 6.07) is 7.92. The number of aromatic nitrogens is 1. The van der Waals surface area contributed by atoms with E-state index in [-0.39, 0.29) is 0 Å². The minimum Gasteiger partial charge on any atom is -0.367 e. The molecular formula is C14H14BrN3O2. The Morgan fingerprint density at radius 2 is 2.30 bits per heavy atom. The smallest absolute Gasteiger partial charge is 0.248 e. The van der Waals surface area contributed by atoms with Crippen LogP contribution in [0.1, 0.15) is 0 Å². The number of nitrogens with two attached hydrogens (primary N) is 1. The van der Waals surface area contributed by atoms with Gasteiger partial charge in [-0.05, 0) is 28.1 Å². The Morgan fingerprint density at radius 1 is 1.45 bits per heavy atom. The predicted molar refractivity (Wildman–Crippen MR) is 80.6 cm³/mol. The van der Waals surface area contributed by atoms with E-state index in [2.05, 4.69) is 25.8 Å². The fourth-order valence-corrected chi connectivity index (χ4v) is 2.91. The molecule has 1 aliphatic rings. The third-order valence-electron chi connectivity index (χ3n) is 3.42. The number of para-hydroxylation sites is 1. The number of hydrogen-bond acceptors (Lipinski definition) is 4. The van der Waals surface area contributed by atoms with Crippen molar-refractivity contribution in [1.82, 2.24) is 4.98 Å². The lowest BCUT2D eigenvalue weighted by atomic mass is 10.1. The number of primary amides is 1. The van der Waals surface area contributed by atoms with Crippen LogP contribution in [0.2, 0.25) is 0 Å². The summed E-state index contributed by atoms with van der Waals surface area (Å²) in [6.45, 7) is 1.70. The summed E-state index contributed by atoms with van der Waals surface area (Å²) in [5, 5.41) is 1.05. The molecule has 1 fully saturated rings. The molecule has 1 unspecified atom stereocenters. The molecule has 1 aliphatic heterocycles. The van der Waals surface area contributed by atoms with Crippen LogP contribution in [0, 0.1) is 0 Å². The highest BCUT2D eigenvalue weighted by Crippen LogP contribution is 2.30. The molecule has 0 spiro atoms. The molecule has 2 heterocycles. The first-order valence-corrected chi connectivity index (χ1v) is 7.15. The minimum atomic E-state index is -0.556. The highest BCUT2D eigenvalue weighted by molar-refractivity contribution is 9.10. The molecule has 1 saturated heterocycles. The zero-order valence-electron chi connectivity index (χ0n) is 10.8. The molecule has 1 aromatic carbocycles. The number of morpholine rings is 1. The van der Waals surface area contributed by atoms with Crippen molar-refractivity contribution in [3.63, 3.8) is 0 Å². The number of carbonyl (C=O) groups excluding carboxylic acids is 1. The third-order valence-corrected chi connectivity index (χ3v) is 4.06. The Hall–Kier alpha value is -1.66. The van der Waals surface area contributed by atoms with E-state index in [1.54, 1.807) is 6.20 Å². The second-order valence-corrected chi connectivity index (χ2v) is 5.53. The Balaban J connectivity index is 2.02. The fourth-order valence-electron chi connectivity index (χ4n) is 2.44. The summed E-state index contributed by atoms with van der Waals surface area (Å²) in [5.41, 5.74) is 7.29. The van der Waals surface area contributed by atoms with Gasteiger partial charge in [-0.1, -0.05) is 12.1 Å². The van der Waals surface area contributed by atoms with E-state index < -0.39 is 12.0 Å². The van der Waals surface area contributed by atoms with Gasteiger partial charge in [0.1, 0.15) is 0 Å². The lowest BCUT2D eigenvalue weighted by molar-refractivity contribution is -0.130. The molecule has 1 amide bonds. The van der Waals surface area contributed by atoms with Crippen LogP contribution in [0.25, 0.3) is 10.9 Å². The molecule has 104 valence electrons. The van der Waals surface area contributed by atoms with Gasteiger partial charge < -0.3 is 15.4 Å². The lowest BCUT2D eigenvalue weighted by Crippen LogP contribution is -2.48. The third kappa shape index (κ3) is 2.36. The van der Waals surface area contributed by atoms with E-state index in [1.165, 1.54) is 0 Å². The molecule has 2 aromatic rings. The molecule has 5 nitrogen and oxygen atoms in total. The molecule has 0 radical (unpaired) electrons. The van der Waals surface area contributed by atoms with Crippen molar-refractivity contribution in [2.75, 3.05) is 24.6 Å². The van der Waals surface area contributed by atoms with Crippen LogP contribution >= 0.6 is 15.9 Å². The van der Waals surface area contributed by atoms with Gasteiger partial charge in [-0.3, -0.25) is 9.78 Å². The first-order valence-electron chi connectivity index (χ1n) is 6.36. The monoisotopic (exact) mass is 335 g/mol. The number of halogens is 1. The van der Waals surface area contributed by atoms with Crippen molar-refractivity contribution in [2.24, 2.45) is 5.73 Å². The van der Waals surface area contributed by atoms with E-state index >= 15 is 0 Å². The number of anilines is 1. The van der Waals surface area contributed by atoms with E-state index in [1.807, 2.05) is 24.3 Å². The molecule has 6 heteroatoms. The van der Waals surface area contributed by atoms with Crippen LogP contribution in [0.5, 0.6) is 0 Å². The van der Waals surface area contributed by atoms with Crippen molar-refractivity contribution >= 4 is 38.4 Å². The average Bonchev–Trinajstić information content (AvgIpc) is 2.47. The summed E-state index contributed by atoms with van der Waals surface area (Å²) < 4.78 is 6.34. The molecule has 20 heavy (non-hydrogen) atoms. The largest absolute Gasteiger partial charge is 0.367 e. The molecule has 0 saturated carbocycles. The summed E-state index contributed by atoms with van der Waals surface area (Å²) >= 11 is 3.51. The molecule has 0 bridgehead atoms. The van der Waals surface area contributed by atoms with Crippen LogP contribution in [0.15, 0.2) is 34.9 Å². The number of ether oxygens (including phenoxy) is 1. The summed E-state index contributed by atoms with van der Waals surface area (Å²) in [7, 11) is 0. The Labute approximate surface area is 124 Å². The topological polar surface area (TPSA) is 68.5 Å². The number of carbonyl (C=O) groups is 1. The van der Waals surface area contributed by atoms with Crippen LogP contribution in [0.3, 0.4) is 0 Å². The van der Waals surface area contributed by atoms with Crippen molar-refractivity contribution < 1.29 is 9.53 Å². The fraction of sp³-hybridized carbons (Fsp3) is 0.286. The maximum Gasteiger partial charge on any atom is 0.248 e. The summed E-state index contributed by atoms with van der Waals surface area (Å²) in [6.07, 6.45) is 1.22. The maximum absolute atomic E-state index is 11.3. The zero-order chi connectivity index (χ0) is 14.1. The lowest BCUT2D eigenvalue weighted by Gasteiger charge is -2.33. The van der Waals surface area contributed by atoms with Gasteiger partial charge in [-0.2, -0.15) is 0 Å². The van der Waals surface area contributed by atoms with Crippen molar-refractivity contribution in [3.8, 4) is 0 Å². The highest BCUT2D eigenvalue weighted by atomic mass is 79.9. The first kappa shape index (κ1) is 13.3. The number of nitrogens with zero attached hydrogens (tertiary/aromatic N) is 2. The van der Waals surface area contributed by atoms with Crippen molar-refractivity contribution in [2.45, 2.75) is 6.10 Å². The normalized spacial score (nSPS) is 19.2. The number of hydrogen-bond donors (Lipinski definition) is 1. The molecule has 2 N–H and O–H groups in total. The number of benzene rings is 1. The van der Waals surface area contributed by atoms with Gasteiger partial charge in [0.15, 0.2) is 6.10 Å². The van der Waals surface area contributed by atoms with E-state index in [4.69, 9.17) is 10.5 Å². The predicted octanol–water partition coefficient (Wildman–Crippen LogP) is 1.69. The van der Waals surface area contributed by atoms with Crippen molar-refractivity contribution in [1.29, 1.82) is 0 Å². The van der Waals surface area contributed by atoms with Crippen LogP contribution in [-0.4, -0.2) is 36.7 Å². The minimum absolute atomic E-state index is 0.422. The Kier molecular flexibility index (Phi) is 3.58. The van der Waals surface area contributed by atoms with E-state index in [9.17, 15) is 4.79 Å². The maximum atomic E-state index is 11.3. The van der Waals surface area contributed by atoms with Crippen LogP contribution in [0.4, 0.5) is 5.69 Å². The molecule has 1 aromatic heterocycles. The summed E-state index contributed by atoms with van der Waals surface area (Å²) in [5.74, 6) is -0.422. The Bertz CT molecular complexity index is 662. The van der Waals surface area contributed by atoms with Gasteiger partial charge in [0.25, 0.3) is 0 Å². The zero-order valence-corrected chi connectivity index (χ0v) is 12.3. The Morgan fingerprint density at radius 3 is 3.10 bits per heavy atom. The van der Waals surface area contributed by atoms with Gasteiger partial charge in [0.05, 0.1) is 18.7 Å². The standard InChI is InChI=1S/C14H14BrN3O2/c15-10-3-1-2-9-11(4-5-17-13(9)10)18-6-7-20-12(8-18)14(16)19/h1-5,12H,6-8H2,(H2,16,19). The second-order valence-electron chi connectivity index (χ2n) is 4.67.